The lowest BCUT2D eigenvalue weighted by molar-refractivity contribution is 0.0945. The van der Waals surface area contributed by atoms with Crippen molar-refractivity contribution in [3.8, 4) is 0 Å². The van der Waals surface area contributed by atoms with Gasteiger partial charge in [0.25, 0.3) is 5.91 Å². The predicted octanol–water partition coefficient (Wildman–Crippen LogP) is 4.42. The first-order chi connectivity index (χ1) is 12.5. The molecule has 1 aromatic heterocycles. The van der Waals surface area contributed by atoms with Crippen LogP contribution in [0.25, 0.3) is 0 Å². The fourth-order valence-electron chi connectivity index (χ4n) is 2.61. The normalized spacial score (nSPS) is 10.4. The molecule has 26 heavy (non-hydrogen) atoms. The first-order valence-corrected chi connectivity index (χ1v) is 8.58. The van der Waals surface area contributed by atoms with Gasteiger partial charge in [0, 0.05) is 17.3 Å². The van der Waals surface area contributed by atoms with Gasteiger partial charge >= 0.3 is 0 Å². The van der Waals surface area contributed by atoms with Crippen LogP contribution >= 0.6 is 11.6 Å². The van der Waals surface area contributed by atoms with E-state index >= 15 is 0 Å². The predicted molar refractivity (Wildman–Crippen MR) is 104 cm³/mol. The van der Waals surface area contributed by atoms with Gasteiger partial charge < -0.3 is 10.6 Å². The Morgan fingerprint density at radius 2 is 1.77 bits per heavy atom. The lowest BCUT2D eigenvalue weighted by Gasteiger charge is -2.09. The largest absolute Gasteiger partial charge is 0.347 e. The van der Waals surface area contributed by atoms with Crippen molar-refractivity contribution in [1.82, 2.24) is 15.3 Å². The topological polar surface area (TPSA) is 66.9 Å². The standard InChI is InChI=1S/C20H19ClN4O/c1-13-7-14(2)9-16(8-13)25-19-12-22-18(11-23-19)20(26)24-10-15-5-3-4-6-17(15)21/h3-9,11-12H,10H2,1-2H3,(H,23,25)(H,24,26). The Balaban J connectivity index is 1.63. The minimum Gasteiger partial charge on any atom is -0.347 e. The zero-order valence-corrected chi connectivity index (χ0v) is 15.3. The van der Waals surface area contributed by atoms with Gasteiger partial charge in [-0.1, -0.05) is 35.9 Å². The number of aromatic nitrogens is 2. The van der Waals surface area contributed by atoms with Gasteiger partial charge in [0.15, 0.2) is 0 Å². The van der Waals surface area contributed by atoms with Gasteiger partial charge in [-0.2, -0.15) is 0 Å². The summed E-state index contributed by atoms with van der Waals surface area (Å²) in [5.41, 5.74) is 4.37. The number of hydrogen-bond donors (Lipinski definition) is 2. The molecule has 0 aliphatic heterocycles. The number of carbonyl (C=O) groups excluding carboxylic acids is 1. The van der Waals surface area contributed by atoms with Crippen molar-refractivity contribution in [2.75, 3.05) is 5.32 Å². The minimum atomic E-state index is -0.296. The van der Waals surface area contributed by atoms with E-state index in [1.807, 2.05) is 44.2 Å². The van der Waals surface area contributed by atoms with Crippen LogP contribution in [0.4, 0.5) is 11.5 Å². The zero-order chi connectivity index (χ0) is 18.5. The molecule has 0 aliphatic rings. The first kappa shape index (κ1) is 17.9. The van der Waals surface area contributed by atoms with Crippen molar-refractivity contribution in [1.29, 1.82) is 0 Å². The highest BCUT2D eigenvalue weighted by Crippen LogP contribution is 2.18. The Morgan fingerprint density at radius 3 is 2.42 bits per heavy atom. The monoisotopic (exact) mass is 366 g/mol. The fourth-order valence-corrected chi connectivity index (χ4v) is 2.81. The van der Waals surface area contributed by atoms with E-state index in [4.69, 9.17) is 11.6 Å². The quantitative estimate of drug-likeness (QED) is 0.701. The van der Waals surface area contributed by atoms with E-state index in [2.05, 4.69) is 26.7 Å². The van der Waals surface area contributed by atoms with Crippen LogP contribution in [0.5, 0.6) is 0 Å². The van der Waals surface area contributed by atoms with Gasteiger partial charge in [-0.3, -0.25) is 4.79 Å². The molecular weight excluding hydrogens is 348 g/mol. The lowest BCUT2D eigenvalue weighted by Crippen LogP contribution is -2.24. The molecule has 1 heterocycles. The third-order valence-electron chi connectivity index (χ3n) is 3.78. The van der Waals surface area contributed by atoms with Crippen LogP contribution in [0.1, 0.15) is 27.2 Å². The Morgan fingerprint density at radius 1 is 1.04 bits per heavy atom. The summed E-state index contributed by atoms with van der Waals surface area (Å²) in [6.07, 6.45) is 3.00. The van der Waals surface area contributed by atoms with Gasteiger partial charge in [-0.05, 0) is 48.7 Å². The number of amides is 1. The molecule has 2 N–H and O–H groups in total. The molecule has 0 saturated heterocycles. The number of anilines is 2. The molecule has 0 spiro atoms. The molecule has 0 fully saturated rings. The molecule has 5 nitrogen and oxygen atoms in total. The molecule has 2 aromatic carbocycles. The highest BCUT2D eigenvalue weighted by molar-refractivity contribution is 6.31. The average Bonchev–Trinajstić information content (AvgIpc) is 2.60. The summed E-state index contributed by atoms with van der Waals surface area (Å²) in [7, 11) is 0. The van der Waals surface area contributed by atoms with Crippen LogP contribution in [-0.4, -0.2) is 15.9 Å². The van der Waals surface area contributed by atoms with Crippen LogP contribution < -0.4 is 10.6 Å². The van der Waals surface area contributed by atoms with Crippen molar-refractivity contribution in [3.05, 3.63) is 82.3 Å². The van der Waals surface area contributed by atoms with Gasteiger partial charge in [0.05, 0.1) is 12.4 Å². The maximum atomic E-state index is 12.2. The summed E-state index contributed by atoms with van der Waals surface area (Å²) in [5, 5.41) is 6.61. The minimum absolute atomic E-state index is 0.253. The number of rotatable bonds is 5. The van der Waals surface area contributed by atoms with E-state index in [1.165, 1.54) is 6.20 Å². The Hall–Kier alpha value is -2.92. The van der Waals surface area contributed by atoms with Gasteiger partial charge in [0.1, 0.15) is 11.5 Å². The number of nitrogens with one attached hydrogen (secondary N) is 2. The van der Waals surface area contributed by atoms with Gasteiger partial charge in [-0.25, -0.2) is 9.97 Å². The third kappa shape index (κ3) is 4.58. The van der Waals surface area contributed by atoms with Crippen LogP contribution in [-0.2, 0) is 6.54 Å². The van der Waals surface area contributed by atoms with E-state index < -0.39 is 0 Å². The van der Waals surface area contributed by atoms with Crippen molar-refractivity contribution in [3.63, 3.8) is 0 Å². The second kappa shape index (κ2) is 7.97. The molecule has 0 saturated carbocycles. The molecule has 3 aromatic rings. The van der Waals surface area contributed by atoms with E-state index in [0.717, 1.165) is 22.4 Å². The summed E-state index contributed by atoms with van der Waals surface area (Å²) in [4.78, 5) is 20.7. The lowest BCUT2D eigenvalue weighted by atomic mass is 10.1. The summed E-state index contributed by atoms with van der Waals surface area (Å²) in [6.45, 7) is 4.41. The highest BCUT2D eigenvalue weighted by atomic mass is 35.5. The maximum Gasteiger partial charge on any atom is 0.271 e. The van der Waals surface area contributed by atoms with Crippen LogP contribution in [0.3, 0.4) is 0 Å². The van der Waals surface area contributed by atoms with E-state index in [9.17, 15) is 4.79 Å². The fraction of sp³-hybridized carbons (Fsp3) is 0.150. The summed E-state index contributed by atoms with van der Waals surface area (Å²) < 4.78 is 0. The average molecular weight is 367 g/mol. The van der Waals surface area contributed by atoms with Gasteiger partial charge in [0.2, 0.25) is 0 Å². The Kier molecular flexibility index (Phi) is 5.49. The first-order valence-electron chi connectivity index (χ1n) is 8.20. The van der Waals surface area contributed by atoms with Crippen LogP contribution in [0.2, 0.25) is 5.02 Å². The molecule has 0 bridgehead atoms. The van der Waals surface area contributed by atoms with Crippen molar-refractivity contribution < 1.29 is 4.79 Å². The van der Waals surface area contributed by atoms with Crippen LogP contribution in [0, 0.1) is 13.8 Å². The number of carbonyl (C=O) groups is 1. The number of halogens is 1. The summed E-state index contributed by atoms with van der Waals surface area (Å²) in [6, 6.07) is 13.5. The maximum absolute atomic E-state index is 12.2. The molecule has 132 valence electrons. The number of hydrogen-bond acceptors (Lipinski definition) is 4. The number of benzene rings is 2. The smallest absolute Gasteiger partial charge is 0.271 e. The molecule has 0 unspecified atom stereocenters. The molecule has 0 atom stereocenters. The highest BCUT2D eigenvalue weighted by Gasteiger charge is 2.09. The second-order valence-corrected chi connectivity index (χ2v) is 6.47. The molecule has 0 radical (unpaired) electrons. The Labute approximate surface area is 157 Å². The molecule has 0 aliphatic carbocycles. The Bertz CT molecular complexity index is 905. The molecule has 1 amide bonds. The number of nitrogens with zero attached hydrogens (tertiary/aromatic N) is 2. The van der Waals surface area contributed by atoms with E-state index in [0.29, 0.717) is 17.4 Å². The second-order valence-electron chi connectivity index (χ2n) is 6.06. The van der Waals surface area contributed by atoms with Gasteiger partial charge in [-0.15, -0.1) is 0 Å². The van der Waals surface area contributed by atoms with Crippen molar-refractivity contribution in [2.24, 2.45) is 0 Å². The van der Waals surface area contributed by atoms with Crippen molar-refractivity contribution >= 4 is 29.0 Å². The molecule has 3 rings (SSSR count). The molecular formula is C20H19ClN4O. The van der Waals surface area contributed by atoms with Crippen LogP contribution in [0.15, 0.2) is 54.9 Å². The summed E-state index contributed by atoms with van der Waals surface area (Å²) in [5.74, 6) is 0.285. The number of aryl methyl sites for hydroxylation is 2. The third-order valence-corrected chi connectivity index (χ3v) is 4.14. The SMILES string of the molecule is Cc1cc(C)cc(Nc2cnc(C(=O)NCc3ccccc3Cl)cn2)c1. The van der Waals surface area contributed by atoms with Crippen molar-refractivity contribution in [2.45, 2.75) is 20.4 Å². The zero-order valence-electron chi connectivity index (χ0n) is 14.6. The molecule has 6 heteroatoms. The summed E-state index contributed by atoms with van der Waals surface area (Å²) >= 11 is 6.09. The van der Waals surface area contributed by atoms with E-state index in [1.54, 1.807) is 12.3 Å². The van der Waals surface area contributed by atoms with E-state index in [-0.39, 0.29) is 11.6 Å².